The molecule has 2 heterocycles. The molecule has 0 spiro atoms. The van der Waals surface area contributed by atoms with Crippen molar-refractivity contribution in [3.05, 3.63) is 35.9 Å². The second-order valence-corrected chi connectivity index (χ2v) is 6.64. The lowest BCUT2D eigenvalue weighted by molar-refractivity contribution is -0.171. The van der Waals surface area contributed by atoms with Crippen molar-refractivity contribution in [3.8, 4) is 0 Å². The number of carbonyl (C=O) groups is 2. The SMILES string of the molecule is O=C(COC1CCN(C(=O)OCc2ccccc2)CC1)N1CC(F)(F)C1. The summed E-state index contributed by atoms with van der Waals surface area (Å²) >= 11 is 0. The molecule has 0 aliphatic carbocycles. The number of benzene rings is 1. The highest BCUT2D eigenvalue weighted by molar-refractivity contribution is 5.78. The number of alkyl halides is 2. The van der Waals surface area contributed by atoms with Crippen LogP contribution < -0.4 is 0 Å². The summed E-state index contributed by atoms with van der Waals surface area (Å²) in [6.45, 7) is -0.0609. The van der Waals surface area contributed by atoms with Gasteiger partial charge in [0.25, 0.3) is 5.92 Å². The van der Waals surface area contributed by atoms with Gasteiger partial charge in [0.05, 0.1) is 19.2 Å². The fourth-order valence-electron chi connectivity index (χ4n) is 2.98. The van der Waals surface area contributed by atoms with Gasteiger partial charge in [0.1, 0.15) is 13.2 Å². The van der Waals surface area contributed by atoms with E-state index in [1.165, 1.54) is 0 Å². The Labute approximate surface area is 150 Å². The summed E-state index contributed by atoms with van der Waals surface area (Å²) in [7, 11) is 0. The van der Waals surface area contributed by atoms with Gasteiger partial charge in [-0.25, -0.2) is 13.6 Å². The third-order valence-electron chi connectivity index (χ3n) is 4.54. The average Bonchev–Trinajstić information content (AvgIpc) is 2.63. The molecule has 0 atom stereocenters. The zero-order valence-electron chi connectivity index (χ0n) is 14.4. The first kappa shape index (κ1) is 18.6. The maximum absolute atomic E-state index is 12.7. The van der Waals surface area contributed by atoms with Crippen molar-refractivity contribution in [1.29, 1.82) is 0 Å². The van der Waals surface area contributed by atoms with Crippen molar-refractivity contribution in [2.75, 3.05) is 32.8 Å². The maximum Gasteiger partial charge on any atom is 0.410 e. The number of piperidine rings is 1. The zero-order valence-corrected chi connectivity index (χ0v) is 14.4. The van der Waals surface area contributed by atoms with Gasteiger partial charge in [-0.05, 0) is 18.4 Å². The lowest BCUT2D eigenvalue weighted by atomic mass is 10.1. The number of carbonyl (C=O) groups excluding carboxylic acids is 2. The molecule has 8 heteroatoms. The van der Waals surface area contributed by atoms with Crippen LogP contribution in [0.1, 0.15) is 18.4 Å². The zero-order chi connectivity index (χ0) is 18.6. The molecule has 6 nitrogen and oxygen atoms in total. The Morgan fingerprint density at radius 2 is 1.73 bits per heavy atom. The second-order valence-electron chi connectivity index (χ2n) is 6.64. The van der Waals surface area contributed by atoms with Crippen molar-refractivity contribution in [2.45, 2.75) is 31.5 Å². The van der Waals surface area contributed by atoms with Gasteiger partial charge in [0.15, 0.2) is 0 Å². The molecule has 2 saturated heterocycles. The van der Waals surface area contributed by atoms with Crippen LogP contribution in [0.3, 0.4) is 0 Å². The molecule has 1 aromatic carbocycles. The Bertz CT molecular complexity index is 625. The van der Waals surface area contributed by atoms with Gasteiger partial charge in [0.2, 0.25) is 5.91 Å². The van der Waals surface area contributed by atoms with Crippen LogP contribution in [-0.2, 0) is 20.9 Å². The molecule has 2 aliphatic rings. The largest absolute Gasteiger partial charge is 0.445 e. The molecule has 2 fully saturated rings. The van der Waals surface area contributed by atoms with Gasteiger partial charge < -0.3 is 19.3 Å². The van der Waals surface area contributed by atoms with Gasteiger partial charge in [-0.3, -0.25) is 4.79 Å². The fourth-order valence-corrected chi connectivity index (χ4v) is 2.98. The van der Waals surface area contributed by atoms with Gasteiger partial charge >= 0.3 is 6.09 Å². The molecule has 3 rings (SSSR count). The summed E-state index contributed by atoms with van der Waals surface area (Å²) in [5.41, 5.74) is 0.925. The Balaban J connectivity index is 1.32. The predicted octanol–water partition coefficient (Wildman–Crippen LogP) is 2.28. The predicted molar refractivity (Wildman–Crippen MR) is 88.7 cm³/mol. The van der Waals surface area contributed by atoms with E-state index < -0.39 is 24.9 Å². The molecule has 0 aromatic heterocycles. The van der Waals surface area contributed by atoms with Crippen LogP contribution in [0.25, 0.3) is 0 Å². The van der Waals surface area contributed by atoms with Crippen LogP contribution >= 0.6 is 0 Å². The van der Waals surface area contributed by atoms with E-state index in [4.69, 9.17) is 9.47 Å². The van der Waals surface area contributed by atoms with Crippen LogP contribution in [-0.4, -0.2) is 66.6 Å². The minimum atomic E-state index is -2.76. The summed E-state index contributed by atoms with van der Waals surface area (Å²) in [4.78, 5) is 26.5. The van der Waals surface area contributed by atoms with E-state index in [0.717, 1.165) is 10.5 Å². The molecule has 0 unspecified atom stereocenters. The Morgan fingerprint density at radius 3 is 2.35 bits per heavy atom. The third kappa shape index (κ3) is 4.91. The minimum Gasteiger partial charge on any atom is -0.445 e. The van der Waals surface area contributed by atoms with Crippen molar-refractivity contribution in [1.82, 2.24) is 9.80 Å². The number of hydrogen-bond acceptors (Lipinski definition) is 4. The number of rotatable bonds is 5. The van der Waals surface area contributed by atoms with Crippen molar-refractivity contribution in [2.24, 2.45) is 0 Å². The van der Waals surface area contributed by atoms with Crippen LogP contribution in [0.5, 0.6) is 0 Å². The highest BCUT2D eigenvalue weighted by Crippen LogP contribution is 2.26. The molecule has 1 aromatic rings. The number of hydrogen-bond donors (Lipinski definition) is 0. The standard InChI is InChI=1S/C18H22F2N2O4/c19-18(20)12-22(13-18)16(23)11-25-15-6-8-21(9-7-15)17(24)26-10-14-4-2-1-3-5-14/h1-5,15H,6-13H2. The number of ether oxygens (including phenoxy) is 2. The van der Waals surface area contributed by atoms with Crippen LogP contribution in [0.2, 0.25) is 0 Å². The number of amides is 2. The molecular formula is C18H22F2N2O4. The van der Waals surface area contributed by atoms with Crippen molar-refractivity contribution < 1.29 is 27.8 Å². The Morgan fingerprint density at radius 1 is 1.08 bits per heavy atom. The first-order valence-electron chi connectivity index (χ1n) is 8.66. The molecule has 2 aliphatic heterocycles. The Hall–Kier alpha value is -2.22. The van der Waals surface area contributed by atoms with E-state index in [1.54, 1.807) is 4.90 Å². The molecular weight excluding hydrogens is 346 g/mol. The van der Waals surface area contributed by atoms with E-state index in [9.17, 15) is 18.4 Å². The van der Waals surface area contributed by atoms with E-state index in [0.29, 0.717) is 25.9 Å². The quantitative estimate of drug-likeness (QED) is 0.800. The first-order chi connectivity index (χ1) is 12.4. The highest BCUT2D eigenvalue weighted by Gasteiger charge is 2.46. The molecule has 0 radical (unpaired) electrons. The van der Waals surface area contributed by atoms with Crippen molar-refractivity contribution >= 4 is 12.0 Å². The second kappa shape index (κ2) is 7.99. The molecule has 0 saturated carbocycles. The van der Waals surface area contributed by atoms with Crippen LogP contribution in [0.15, 0.2) is 30.3 Å². The molecule has 0 N–H and O–H groups in total. The van der Waals surface area contributed by atoms with Crippen molar-refractivity contribution in [3.63, 3.8) is 0 Å². The molecule has 0 bridgehead atoms. The minimum absolute atomic E-state index is 0.154. The third-order valence-corrected chi connectivity index (χ3v) is 4.54. The first-order valence-corrected chi connectivity index (χ1v) is 8.66. The lowest BCUT2D eigenvalue weighted by Gasteiger charge is -2.39. The number of likely N-dealkylation sites (tertiary alicyclic amines) is 2. The highest BCUT2D eigenvalue weighted by atomic mass is 19.3. The molecule has 26 heavy (non-hydrogen) atoms. The van der Waals surface area contributed by atoms with Crippen LogP contribution in [0, 0.1) is 0 Å². The summed E-state index contributed by atoms with van der Waals surface area (Å²) in [6.07, 6.45) is 0.651. The normalized spacial score (nSPS) is 19.8. The summed E-state index contributed by atoms with van der Waals surface area (Å²) in [5, 5.41) is 0. The van der Waals surface area contributed by atoms with Gasteiger partial charge in [-0.2, -0.15) is 0 Å². The summed E-state index contributed by atoms with van der Waals surface area (Å²) < 4.78 is 36.3. The van der Waals surface area contributed by atoms with Crippen LogP contribution in [0.4, 0.5) is 13.6 Å². The smallest absolute Gasteiger partial charge is 0.410 e. The molecule has 142 valence electrons. The van der Waals surface area contributed by atoms with Gasteiger partial charge in [-0.1, -0.05) is 30.3 Å². The van der Waals surface area contributed by atoms with E-state index in [1.807, 2.05) is 30.3 Å². The van der Waals surface area contributed by atoms with Gasteiger partial charge in [0, 0.05) is 13.1 Å². The summed E-state index contributed by atoms with van der Waals surface area (Å²) in [5.74, 6) is -3.18. The topological polar surface area (TPSA) is 59.1 Å². The monoisotopic (exact) mass is 368 g/mol. The van der Waals surface area contributed by atoms with E-state index in [-0.39, 0.29) is 25.4 Å². The van der Waals surface area contributed by atoms with E-state index in [2.05, 4.69) is 0 Å². The lowest BCUT2D eigenvalue weighted by Crippen LogP contribution is -2.59. The van der Waals surface area contributed by atoms with E-state index >= 15 is 0 Å². The summed E-state index contributed by atoms with van der Waals surface area (Å²) in [6, 6.07) is 9.44. The Kier molecular flexibility index (Phi) is 5.70. The van der Waals surface area contributed by atoms with Gasteiger partial charge in [-0.15, -0.1) is 0 Å². The average molecular weight is 368 g/mol. The molecule has 2 amide bonds. The number of nitrogens with zero attached hydrogens (tertiary/aromatic N) is 2. The fraction of sp³-hybridized carbons (Fsp3) is 0.556. The maximum atomic E-state index is 12.7. The number of halogens is 2.